The Balaban J connectivity index is 2.62. The minimum absolute atomic E-state index is 0.0780. The van der Waals surface area contributed by atoms with Gasteiger partial charge >= 0.3 is 5.97 Å². The summed E-state index contributed by atoms with van der Waals surface area (Å²) in [5.74, 6) is -2.01. The number of hydrogen-bond donors (Lipinski definition) is 0. The van der Waals surface area contributed by atoms with Gasteiger partial charge in [-0.05, 0) is 44.9 Å². The van der Waals surface area contributed by atoms with Crippen LogP contribution in [0.2, 0.25) is 0 Å². The first kappa shape index (κ1) is 24.9. The van der Waals surface area contributed by atoms with Crippen molar-refractivity contribution >= 4 is 11.7 Å². The van der Waals surface area contributed by atoms with Crippen LogP contribution in [0.5, 0.6) is 0 Å². The Morgan fingerprint density at radius 3 is 2.41 bits per heavy atom. The van der Waals surface area contributed by atoms with E-state index in [-0.39, 0.29) is 12.0 Å². The highest BCUT2D eigenvalue weighted by atomic mass is 19.1. The first-order valence-corrected chi connectivity index (χ1v) is 10.4. The predicted molar refractivity (Wildman–Crippen MR) is 126 cm³/mol. The molecule has 0 amide bonds. The zero-order valence-electron chi connectivity index (χ0n) is 18.9. The summed E-state index contributed by atoms with van der Waals surface area (Å²) in [7, 11) is 0. The van der Waals surface area contributed by atoms with Crippen molar-refractivity contribution in [2.24, 2.45) is 4.99 Å². The molecule has 0 aliphatic heterocycles. The van der Waals surface area contributed by atoms with Crippen LogP contribution in [0, 0.1) is 11.6 Å². The van der Waals surface area contributed by atoms with Gasteiger partial charge in [0.05, 0.1) is 5.71 Å². The fourth-order valence-electron chi connectivity index (χ4n) is 2.96. The Hall–Kier alpha value is -3.34. The summed E-state index contributed by atoms with van der Waals surface area (Å²) < 4.78 is 33.3. The highest BCUT2D eigenvalue weighted by molar-refractivity contribution is 6.15. The molecule has 0 bridgehead atoms. The average molecular weight is 438 g/mol. The molecule has 0 N–H and O–H groups in total. The van der Waals surface area contributed by atoms with E-state index in [4.69, 9.17) is 9.73 Å². The molecule has 0 radical (unpaired) electrons. The molecule has 168 valence electrons. The van der Waals surface area contributed by atoms with Crippen molar-refractivity contribution < 1.29 is 18.3 Å². The van der Waals surface area contributed by atoms with Crippen LogP contribution < -0.4 is 0 Å². The van der Waals surface area contributed by atoms with Gasteiger partial charge in [-0.2, -0.15) is 0 Å². The first-order valence-electron chi connectivity index (χ1n) is 10.4. The number of rotatable bonds is 8. The molecule has 1 atom stereocenters. The highest BCUT2D eigenvalue weighted by Crippen LogP contribution is 2.20. The van der Waals surface area contributed by atoms with Gasteiger partial charge in [0.15, 0.2) is 6.04 Å². The zero-order chi connectivity index (χ0) is 23.7. The van der Waals surface area contributed by atoms with Crippen LogP contribution in [-0.2, 0) is 16.0 Å². The molecule has 32 heavy (non-hydrogen) atoms. The molecule has 0 heterocycles. The number of benzene rings is 2. The van der Waals surface area contributed by atoms with E-state index in [1.54, 1.807) is 26.8 Å². The molecule has 5 heteroatoms. The minimum atomic E-state index is -1.04. The van der Waals surface area contributed by atoms with Crippen molar-refractivity contribution in [3.63, 3.8) is 0 Å². The van der Waals surface area contributed by atoms with E-state index in [0.29, 0.717) is 11.3 Å². The lowest BCUT2D eigenvalue weighted by Gasteiger charge is -2.23. The SMILES string of the molecule is C=C/C(=C\C=C/C)C(=NC(Cc1ccc(F)cc1F)C(=O)OC(C)(C)C)c1ccccc1. The zero-order valence-corrected chi connectivity index (χ0v) is 18.9. The van der Waals surface area contributed by atoms with Crippen LogP contribution in [0.15, 0.2) is 90.0 Å². The quantitative estimate of drug-likeness (QED) is 0.272. The molecule has 3 nitrogen and oxygen atoms in total. The van der Waals surface area contributed by atoms with Crippen molar-refractivity contribution in [1.82, 2.24) is 0 Å². The van der Waals surface area contributed by atoms with Crippen molar-refractivity contribution in [3.8, 4) is 0 Å². The average Bonchev–Trinajstić information content (AvgIpc) is 2.73. The van der Waals surface area contributed by atoms with Gasteiger partial charge in [-0.25, -0.2) is 13.6 Å². The number of aliphatic imine (C=N–C) groups is 1. The second-order valence-corrected chi connectivity index (χ2v) is 8.18. The molecular weight excluding hydrogens is 408 g/mol. The largest absolute Gasteiger partial charge is 0.458 e. The molecular formula is C27H29F2NO2. The van der Waals surface area contributed by atoms with E-state index in [9.17, 15) is 13.6 Å². The lowest BCUT2D eigenvalue weighted by atomic mass is 9.99. The van der Waals surface area contributed by atoms with E-state index in [2.05, 4.69) is 6.58 Å². The van der Waals surface area contributed by atoms with Gasteiger partial charge in [0.2, 0.25) is 0 Å². The summed E-state index contributed by atoms with van der Waals surface area (Å²) in [5, 5.41) is 0. The molecule has 0 aliphatic carbocycles. The molecule has 1 unspecified atom stereocenters. The van der Waals surface area contributed by atoms with Crippen LogP contribution in [0.1, 0.15) is 38.8 Å². The highest BCUT2D eigenvalue weighted by Gasteiger charge is 2.27. The van der Waals surface area contributed by atoms with Gasteiger partial charge in [0.25, 0.3) is 0 Å². The van der Waals surface area contributed by atoms with Gasteiger partial charge < -0.3 is 4.74 Å². The van der Waals surface area contributed by atoms with Crippen molar-refractivity contribution in [2.45, 2.75) is 45.8 Å². The molecule has 2 aromatic rings. The molecule has 0 saturated carbocycles. The van der Waals surface area contributed by atoms with Crippen LogP contribution in [0.4, 0.5) is 8.78 Å². The monoisotopic (exact) mass is 437 g/mol. The Bertz CT molecular complexity index is 1030. The van der Waals surface area contributed by atoms with E-state index < -0.39 is 29.2 Å². The number of allylic oxidation sites excluding steroid dienone is 5. The summed E-state index contributed by atoms with van der Waals surface area (Å²) in [5.41, 5.74) is 1.42. The Morgan fingerprint density at radius 1 is 1.16 bits per heavy atom. The van der Waals surface area contributed by atoms with Gasteiger partial charge in [-0.1, -0.05) is 67.3 Å². The fourth-order valence-corrected chi connectivity index (χ4v) is 2.96. The summed E-state index contributed by atoms with van der Waals surface area (Å²) in [6.45, 7) is 11.0. The van der Waals surface area contributed by atoms with Gasteiger partial charge in [0.1, 0.15) is 17.2 Å². The third kappa shape index (κ3) is 7.41. The smallest absolute Gasteiger partial charge is 0.331 e. The molecule has 0 aromatic heterocycles. The number of carbonyl (C=O) groups is 1. The maximum Gasteiger partial charge on any atom is 0.331 e. The number of carbonyl (C=O) groups excluding carboxylic acids is 1. The summed E-state index contributed by atoms with van der Waals surface area (Å²) in [6, 6.07) is 11.6. The van der Waals surface area contributed by atoms with Crippen molar-refractivity contribution in [3.05, 3.63) is 108 Å². The second kappa shape index (κ2) is 11.3. The number of hydrogen-bond acceptors (Lipinski definition) is 3. The van der Waals surface area contributed by atoms with Crippen molar-refractivity contribution in [2.75, 3.05) is 0 Å². The molecule has 0 saturated heterocycles. The predicted octanol–water partition coefficient (Wildman–Crippen LogP) is 6.40. The first-order chi connectivity index (χ1) is 15.1. The van der Waals surface area contributed by atoms with E-state index >= 15 is 0 Å². The summed E-state index contributed by atoms with van der Waals surface area (Å²) in [4.78, 5) is 17.8. The second-order valence-electron chi connectivity index (χ2n) is 8.18. The van der Waals surface area contributed by atoms with E-state index in [1.165, 1.54) is 6.07 Å². The topological polar surface area (TPSA) is 38.7 Å². The minimum Gasteiger partial charge on any atom is -0.458 e. The van der Waals surface area contributed by atoms with E-state index in [1.807, 2.05) is 55.5 Å². The standard InChI is InChI=1S/C27H29F2NO2/c1-6-8-12-19(7-2)25(20-13-10-9-11-14-20)30-24(26(31)32-27(3,4)5)17-21-15-16-22(28)18-23(21)29/h6-16,18,24H,2,17H2,1,3-5H3/b8-6-,19-12+,30-25?. The third-order valence-corrected chi connectivity index (χ3v) is 4.40. The van der Waals surface area contributed by atoms with Gasteiger partial charge in [-0.15, -0.1) is 0 Å². The fraction of sp³-hybridized carbons (Fsp3) is 0.259. The number of ether oxygens (including phenoxy) is 1. The Labute approximate surface area is 188 Å². The molecule has 0 fully saturated rings. The van der Waals surface area contributed by atoms with Crippen LogP contribution in [0.3, 0.4) is 0 Å². The Morgan fingerprint density at radius 2 is 1.84 bits per heavy atom. The maximum atomic E-state index is 14.4. The number of nitrogens with zero attached hydrogens (tertiary/aromatic N) is 1. The lowest BCUT2D eigenvalue weighted by molar-refractivity contribution is -0.156. The summed E-state index contributed by atoms with van der Waals surface area (Å²) >= 11 is 0. The van der Waals surface area contributed by atoms with E-state index in [0.717, 1.165) is 17.7 Å². The lowest BCUT2D eigenvalue weighted by Crippen LogP contribution is -2.33. The van der Waals surface area contributed by atoms with Crippen LogP contribution in [-0.4, -0.2) is 23.3 Å². The third-order valence-electron chi connectivity index (χ3n) is 4.40. The van der Waals surface area contributed by atoms with Crippen LogP contribution >= 0.6 is 0 Å². The normalized spacial score (nSPS) is 13.8. The number of esters is 1. The molecule has 2 aromatic carbocycles. The molecule has 0 aliphatic rings. The molecule has 2 rings (SSSR count). The van der Waals surface area contributed by atoms with Gasteiger partial charge in [-0.3, -0.25) is 4.99 Å². The van der Waals surface area contributed by atoms with Crippen molar-refractivity contribution in [1.29, 1.82) is 0 Å². The molecule has 0 spiro atoms. The Kier molecular flexibility index (Phi) is 8.82. The summed E-state index contributed by atoms with van der Waals surface area (Å²) in [6.07, 6.45) is 7.12. The van der Waals surface area contributed by atoms with Gasteiger partial charge in [0, 0.05) is 18.1 Å². The maximum absolute atomic E-state index is 14.4. The number of halogens is 2. The van der Waals surface area contributed by atoms with Crippen LogP contribution in [0.25, 0.3) is 0 Å².